The molecule has 4 rings (SSSR count). The van der Waals surface area contributed by atoms with Crippen LogP contribution in [0.4, 0.5) is 5.69 Å². The molecule has 0 spiro atoms. The van der Waals surface area contributed by atoms with Crippen LogP contribution in [0.2, 0.25) is 5.02 Å². The van der Waals surface area contributed by atoms with Crippen molar-refractivity contribution in [3.05, 3.63) is 63.7 Å². The Bertz CT molecular complexity index is 1050. The molecule has 174 valence electrons. The van der Waals surface area contributed by atoms with Crippen LogP contribution in [-0.2, 0) is 13.0 Å². The molecule has 0 bridgehead atoms. The summed E-state index contributed by atoms with van der Waals surface area (Å²) in [6.45, 7) is 6.49. The number of carbonyl (C=O) groups excluding carboxylic acids is 1. The molecule has 6 heteroatoms. The van der Waals surface area contributed by atoms with Crippen LogP contribution in [0.3, 0.4) is 0 Å². The van der Waals surface area contributed by atoms with Gasteiger partial charge in [0.15, 0.2) is 0 Å². The number of benzene rings is 2. The molecule has 33 heavy (non-hydrogen) atoms. The van der Waals surface area contributed by atoms with Gasteiger partial charge >= 0.3 is 0 Å². The quantitative estimate of drug-likeness (QED) is 0.664. The number of anilines is 1. The number of carbonyl (C=O) groups is 1. The largest absolute Gasteiger partial charge is 0.372 e. The Morgan fingerprint density at radius 1 is 1.15 bits per heavy atom. The van der Waals surface area contributed by atoms with Gasteiger partial charge in [0.25, 0.3) is 5.91 Å². The number of halogens is 1. The van der Waals surface area contributed by atoms with E-state index < -0.39 is 0 Å². The zero-order valence-electron chi connectivity index (χ0n) is 19.8. The lowest BCUT2D eigenvalue weighted by molar-refractivity contribution is 0.0925. The fourth-order valence-corrected chi connectivity index (χ4v) is 5.27. The second kappa shape index (κ2) is 10.2. The minimum atomic E-state index is 0.0415. The summed E-state index contributed by atoms with van der Waals surface area (Å²) < 4.78 is 0. The molecular formula is C27H33ClN4O. The topological polar surface area (TPSA) is 59.4 Å². The van der Waals surface area contributed by atoms with Gasteiger partial charge in [-0.3, -0.25) is 9.69 Å². The van der Waals surface area contributed by atoms with Crippen molar-refractivity contribution in [1.29, 1.82) is 5.26 Å². The van der Waals surface area contributed by atoms with E-state index in [4.69, 9.17) is 16.9 Å². The second-order valence-corrected chi connectivity index (χ2v) is 10.1. The zero-order valence-corrected chi connectivity index (χ0v) is 20.5. The summed E-state index contributed by atoms with van der Waals surface area (Å²) in [5.74, 6) is 0.0415. The summed E-state index contributed by atoms with van der Waals surface area (Å²) in [6, 6.07) is 15.1. The molecule has 5 nitrogen and oxygen atoms in total. The molecule has 1 aliphatic carbocycles. The average molecular weight is 465 g/mol. The monoisotopic (exact) mass is 464 g/mol. The maximum atomic E-state index is 12.9. The van der Waals surface area contributed by atoms with Crippen LogP contribution >= 0.6 is 11.6 Å². The molecule has 2 aliphatic rings. The van der Waals surface area contributed by atoms with Gasteiger partial charge in [-0.15, -0.1) is 0 Å². The first-order valence-corrected chi connectivity index (χ1v) is 12.3. The van der Waals surface area contributed by atoms with Crippen LogP contribution in [0.5, 0.6) is 0 Å². The SMILES string of the molecule is CC(C)N1CCc2cc(C(=O)NC3CCC(N(C)c4ccc(C#N)c(Cl)c4)CC3)ccc2C1. The Labute approximate surface area is 202 Å². The summed E-state index contributed by atoms with van der Waals surface area (Å²) in [4.78, 5) is 17.7. The fraction of sp³-hybridized carbons (Fsp3) is 0.481. The third-order valence-corrected chi connectivity index (χ3v) is 7.61. The van der Waals surface area contributed by atoms with Gasteiger partial charge in [-0.25, -0.2) is 0 Å². The molecule has 0 radical (unpaired) electrons. The Kier molecular flexibility index (Phi) is 7.26. The molecule has 1 N–H and O–H groups in total. The normalized spacial score (nSPS) is 20.7. The van der Waals surface area contributed by atoms with Gasteiger partial charge < -0.3 is 10.2 Å². The summed E-state index contributed by atoms with van der Waals surface area (Å²) in [7, 11) is 2.08. The van der Waals surface area contributed by atoms with Crippen molar-refractivity contribution in [2.45, 2.75) is 70.6 Å². The van der Waals surface area contributed by atoms with Crippen LogP contribution in [0.1, 0.15) is 66.6 Å². The molecule has 1 amide bonds. The standard InChI is InChI=1S/C27H33ClN4O/c1-18(2)32-13-12-19-14-20(4-5-22(19)17-32)27(33)30-23-7-10-24(11-8-23)31(3)25-9-6-21(16-29)26(28)15-25/h4-6,9,14-15,18,23-24H,7-8,10-13,17H2,1-3H3,(H,30,33). The Hall–Kier alpha value is -2.55. The number of nitrogens with zero attached hydrogens (tertiary/aromatic N) is 3. The van der Waals surface area contributed by atoms with Gasteiger partial charge in [0, 0.05) is 49.5 Å². The van der Waals surface area contributed by atoms with Gasteiger partial charge in [0.1, 0.15) is 6.07 Å². The lowest BCUT2D eigenvalue weighted by atomic mass is 9.89. The van der Waals surface area contributed by atoms with Crippen molar-refractivity contribution in [3.8, 4) is 6.07 Å². The van der Waals surface area contributed by atoms with Gasteiger partial charge in [-0.1, -0.05) is 17.7 Å². The highest BCUT2D eigenvalue weighted by Crippen LogP contribution is 2.29. The lowest BCUT2D eigenvalue weighted by Crippen LogP contribution is -2.43. The third-order valence-electron chi connectivity index (χ3n) is 7.30. The second-order valence-electron chi connectivity index (χ2n) is 9.66. The van der Waals surface area contributed by atoms with Gasteiger partial charge in [0.2, 0.25) is 0 Å². The number of nitriles is 1. The van der Waals surface area contributed by atoms with Gasteiger partial charge in [-0.05, 0) is 87.4 Å². The number of amides is 1. The minimum Gasteiger partial charge on any atom is -0.372 e. The number of hydrogen-bond acceptors (Lipinski definition) is 4. The average Bonchev–Trinajstić information content (AvgIpc) is 2.83. The van der Waals surface area contributed by atoms with Crippen LogP contribution < -0.4 is 10.2 Å². The van der Waals surface area contributed by atoms with Crippen LogP contribution in [-0.4, -0.2) is 42.5 Å². The van der Waals surface area contributed by atoms with E-state index in [2.05, 4.69) is 54.2 Å². The molecule has 1 heterocycles. The molecule has 1 fully saturated rings. The van der Waals surface area contributed by atoms with Crippen molar-refractivity contribution in [2.75, 3.05) is 18.5 Å². The molecular weight excluding hydrogens is 432 g/mol. The predicted octanol–water partition coefficient (Wildman–Crippen LogP) is 5.16. The lowest BCUT2D eigenvalue weighted by Gasteiger charge is -2.36. The van der Waals surface area contributed by atoms with Gasteiger partial charge in [-0.2, -0.15) is 5.26 Å². The van der Waals surface area contributed by atoms with Crippen molar-refractivity contribution in [3.63, 3.8) is 0 Å². The molecule has 1 saturated carbocycles. The third kappa shape index (κ3) is 5.34. The molecule has 0 unspecified atom stereocenters. The number of fused-ring (bicyclic) bond motifs is 1. The number of nitrogens with one attached hydrogen (secondary N) is 1. The van der Waals surface area contributed by atoms with Crippen LogP contribution in [0.25, 0.3) is 0 Å². The first kappa shape index (κ1) is 23.6. The smallest absolute Gasteiger partial charge is 0.251 e. The van der Waals surface area contributed by atoms with E-state index in [0.717, 1.165) is 56.4 Å². The van der Waals surface area contributed by atoms with Crippen molar-refractivity contribution < 1.29 is 4.79 Å². The number of rotatable bonds is 5. The zero-order chi connectivity index (χ0) is 23.5. The van der Waals surface area contributed by atoms with Gasteiger partial charge in [0.05, 0.1) is 10.6 Å². The summed E-state index contributed by atoms with van der Waals surface area (Å²) in [5.41, 5.74) is 4.96. The maximum Gasteiger partial charge on any atom is 0.251 e. The van der Waals surface area contributed by atoms with E-state index in [9.17, 15) is 4.79 Å². The van der Waals surface area contributed by atoms with E-state index in [0.29, 0.717) is 22.7 Å². The van der Waals surface area contributed by atoms with Crippen molar-refractivity contribution in [2.24, 2.45) is 0 Å². The van der Waals surface area contributed by atoms with Crippen LogP contribution in [0, 0.1) is 11.3 Å². The molecule has 0 atom stereocenters. The predicted molar refractivity (Wildman–Crippen MR) is 134 cm³/mol. The highest BCUT2D eigenvalue weighted by molar-refractivity contribution is 6.32. The Morgan fingerprint density at radius 3 is 2.58 bits per heavy atom. The molecule has 0 aromatic heterocycles. The van der Waals surface area contributed by atoms with E-state index in [1.54, 1.807) is 6.07 Å². The first-order valence-electron chi connectivity index (χ1n) is 11.9. The fourth-order valence-electron chi connectivity index (χ4n) is 5.06. The highest BCUT2D eigenvalue weighted by atomic mass is 35.5. The summed E-state index contributed by atoms with van der Waals surface area (Å²) >= 11 is 6.22. The molecule has 1 aliphatic heterocycles. The van der Waals surface area contributed by atoms with Crippen molar-refractivity contribution >= 4 is 23.2 Å². The highest BCUT2D eigenvalue weighted by Gasteiger charge is 2.26. The Morgan fingerprint density at radius 2 is 1.91 bits per heavy atom. The Balaban J connectivity index is 1.31. The summed E-state index contributed by atoms with van der Waals surface area (Å²) in [6.07, 6.45) is 4.94. The minimum absolute atomic E-state index is 0.0415. The summed E-state index contributed by atoms with van der Waals surface area (Å²) in [5, 5.41) is 12.8. The first-order chi connectivity index (χ1) is 15.9. The van der Waals surface area contributed by atoms with E-state index in [-0.39, 0.29) is 11.9 Å². The van der Waals surface area contributed by atoms with E-state index >= 15 is 0 Å². The van der Waals surface area contributed by atoms with E-state index in [1.165, 1.54) is 11.1 Å². The molecule has 2 aromatic rings. The molecule has 2 aromatic carbocycles. The molecule has 0 saturated heterocycles. The van der Waals surface area contributed by atoms with E-state index in [1.807, 2.05) is 18.2 Å². The number of hydrogen-bond donors (Lipinski definition) is 1. The van der Waals surface area contributed by atoms with Crippen LogP contribution in [0.15, 0.2) is 36.4 Å². The maximum absolute atomic E-state index is 12.9. The van der Waals surface area contributed by atoms with Crippen molar-refractivity contribution in [1.82, 2.24) is 10.2 Å².